The monoisotopic (exact) mass is 325 g/mol. The Bertz CT molecular complexity index is 853. The molecule has 1 aliphatic heterocycles. The Kier molecular flexibility index (Phi) is 3.95. The van der Waals surface area contributed by atoms with Gasteiger partial charge in [-0.25, -0.2) is 14.1 Å². The number of benzene rings is 2. The van der Waals surface area contributed by atoms with E-state index in [4.69, 9.17) is 0 Å². The molecule has 2 aromatic carbocycles. The molecule has 0 bridgehead atoms. The molecule has 0 atom stereocenters. The number of esters is 1. The summed E-state index contributed by atoms with van der Waals surface area (Å²) >= 11 is 0. The van der Waals surface area contributed by atoms with Crippen LogP contribution in [0.4, 0.5) is 10.1 Å². The molecule has 120 valence electrons. The standard InChI is InChI=1S/C18H12FNO4/c1-24-15(21)10-9-11-5-4-8-14(16(11)19)20-17(22)12-6-2-3-7-13(12)18(20)23/h2-10H,1H3/b10-9+. The van der Waals surface area contributed by atoms with Crippen LogP contribution in [-0.2, 0) is 9.53 Å². The molecule has 5 nitrogen and oxygen atoms in total. The fourth-order valence-electron chi connectivity index (χ4n) is 2.47. The summed E-state index contributed by atoms with van der Waals surface area (Å²) in [5.74, 6) is -2.57. The van der Waals surface area contributed by atoms with E-state index < -0.39 is 23.6 Å². The van der Waals surface area contributed by atoms with Crippen molar-refractivity contribution in [2.24, 2.45) is 0 Å². The second kappa shape index (κ2) is 6.08. The topological polar surface area (TPSA) is 63.7 Å². The summed E-state index contributed by atoms with van der Waals surface area (Å²) in [6.45, 7) is 0. The van der Waals surface area contributed by atoms with Crippen LogP contribution in [0.3, 0.4) is 0 Å². The average molecular weight is 325 g/mol. The molecule has 0 unspecified atom stereocenters. The molecular formula is C18H12FNO4. The van der Waals surface area contributed by atoms with Gasteiger partial charge in [-0.05, 0) is 24.3 Å². The third-order valence-corrected chi connectivity index (χ3v) is 3.64. The van der Waals surface area contributed by atoms with Crippen molar-refractivity contribution in [1.29, 1.82) is 0 Å². The van der Waals surface area contributed by atoms with Crippen LogP contribution in [-0.4, -0.2) is 24.9 Å². The number of imide groups is 1. The number of rotatable bonds is 3. The number of fused-ring (bicyclic) bond motifs is 1. The molecule has 3 rings (SSSR count). The first-order valence-corrected chi connectivity index (χ1v) is 7.07. The molecule has 24 heavy (non-hydrogen) atoms. The Morgan fingerprint density at radius 1 is 1.04 bits per heavy atom. The van der Waals surface area contributed by atoms with Gasteiger partial charge in [-0.3, -0.25) is 9.59 Å². The highest BCUT2D eigenvalue weighted by molar-refractivity contribution is 6.34. The lowest BCUT2D eigenvalue weighted by molar-refractivity contribution is -0.134. The molecule has 0 N–H and O–H groups in total. The maximum absolute atomic E-state index is 14.7. The zero-order valence-corrected chi connectivity index (χ0v) is 12.7. The number of halogens is 1. The van der Waals surface area contributed by atoms with Crippen molar-refractivity contribution in [3.8, 4) is 0 Å². The van der Waals surface area contributed by atoms with Crippen LogP contribution >= 0.6 is 0 Å². The van der Waals surface area contributed by atoms with Gasteiger partial charge in [0.05, 0.1) is 23.9 Å². The maximum atomic E-state index is 14.7. The zero-order valence-electron chi connectivity index (χ0n) is 12.7. The molecule has 0 radical (unpaired) electrons. The van der Waals surface area contributed by atoms with Gasteiger partial charge in [0.15, 0.2) is 5.82 Å². The van der Waals surface area contributed by atoms with Crippen molar-refractivity contribution in [3.05, 3.63) is 71.0 Å². The Morgan fingerprint density at radius 2 is 1.67 bits per heavy atom. The van der Waals surface area contributed by atoms with Gasteiger partial charge >= 0.3 is 5.97 Å². The first-order valence-electron chi connectivity index (χ1n) is 7.07. The van der Waals surface area contributed by atoms with Crippen LogP contribution in [0, 0.1) is 5.82 Å². The Balaban J connectivity index is 2.03. The summed E-state index contributed by atoms with van der Waals surface area (Å²) in [4.78, 5) is 36.8. The minimum absolute atomic E-state index is 0.0643. The minimum atomic E-state index is -0.771. The third kappa shape index (κ3) is 2.48. The van der Waals surface area contributed by atoms with Gasteiger partial charge in [0.2, 0.25) is 0 Å². The number of nitrogens with zero attached hydrogens (tertiary/aromatic N) is 1. The number of hydrogen-bond donors (Lipinski definition) is 0. The lowest BCUT2D eigenvalue weighted by Gasteiger charge is -2.15. The fourth-order valence-corrected chi connectivity index (χ4v) is 2.47. The second-order valence-electron chi connectivity index (χ2n) is 5.03. The van der Waals surface area contributed by atoms with E-state index in [2.05, 4.69) is 4.74 Å². The van der Waals surface area contributed by atoms with Gasteiger partial charge in [0.25, 0.3) is 11.8 Å². The molecule has 1 aliphatic rings. The van der Waals surface area contributed by atoms with Crippen molar-refractivity contribution in [1.82, 2.24) is 0 Å². The zero-order chi connectivity index (χ0) is 17.3. The summed E-state index contributed by atoms with van der Waals surface area (Å²) in [5, 5.41) is 0. The molecule has 1 heterocycles. The number of methoxy groups -OCH3 is 1. The second-order valence-corrected chi connectivity index (χ2v) is 5.03. The van der Waals surface area contributed by atoms with Crippen molar-refractivity contribution in [2.75, 3.05) is 12.0 Å². The highest BCUT2D eigenvalue weighted by Crippen LogP contribution is 2.31. The molecule has 0 fully saturated rings. The van der Waals surface area contributed by atoms with Crippen LogP contribution in [0.25, 0.3) is 6.08 Å². The van der Waals surface area contributed by atoms with Crippen LogP contribution in [0.5, 0.6) is 0 Å². The molecule has 0 aromatic heterocycles. The summed E-state index contributed by atoms with van der Waals surface area (Å²) < 4.78 is 19.2. The summed E-state index contributed by atoms with van der Waals surface area (Å²) in [6.07, 6.45) is 2.29. The molecule has 2 amide bonds. The van der Waals surface area contributed by atoms with Crippen molar-refractivity contribution >= 4 is 29.5 Å². The SMILES string of the molecule is COC(=O)/C=C/c1cccc(N2C(=O)c3ccccc3C2=O)c1F. The molecule has 2 aromatic rings. The summed E-state index contributed by atoms with van der Waals surface area (Å²) in [7, 11) is 1.21. The van der Waals surface area contributed by atoms with E-state index in [0.29, 0.717) is 0 Å². The van der Waals surface area contributed by atoms with Crippen LogP contribution in [0.1, 0.15) is 26.3 Å². The van der Waals surface area contributed by atoms with E-state index >= 15 is 0 Å². The van der Waals surface area contributed by atoms with Crippen LogP contribution in [0.15, 0.2) is 48.5 Å². The number of anilines is 1. The predicted molar refractivity (Wildman–Crippen MR) is 85.0 cm³/mol. The van der Waals surface area contributed by atoms with Gasteiger partial charge in [-0.2, -0.15) is 0 Å². The minimum Gasteiger partial charge on any atom is -0.466 e. The third-order valence-electron chi connectivity index (χ3n) is 3.64. The Labute approximate surface area is 137 Å². The van der Waals surface area contributed by atoms with E-state index in [9.17, 15) is 18.8 Å². The van der Waals surface area contributed by atoms with Gasteiger partial charge in [0.1, 0.15) is 0 Å². The van der Waals surface area contributed by atoms with E-state index in [1.54, 1.807) is 12.1 Å². The molecule has 0 spiro atoms. The molecule has 0 saturated heterocycles. The predicted octanol–water partition coefficient (Wildman–Crippen LogP) is 2.81. The smallest absolute Gasteiger partial charge is 0.330 e. The lowest BCUT2D eigenvalue weighted by atomic mass is 10.1. The van der Waals surface area contributed by atoms with E-state index in [1.165, 1.54) is 43.5 Å². The Hall–Kier alpha value is -3.28. The summed E-state index contributed by atoms with van der Waals surface area (Å²) in [6, 6.07) is 10.6. The van der Waals surface area contributed by atoms with Crippen LogP contribution in [0.2, 0.25) is 0 Å². The van der Waals surface area contributed by atoms with E-state index in [1.807, 2.05) is 0 Å². The highest BCUT2D eigenvalue weighted by Gasteiger charge is 2.37. The fraction of sp³-hybridized carbons (Fsp3) is 0.0556. The molecule has 0 saturated carbocycles. The van der Waals surface area contributed by atoms with E-state index in [0.717, 1.165) is 11.0 Å². The van der Waals surface area contributed by atoms with Crippen molar-refractivity contribution in [3.63, 3.8) is 0 Å². The Morgan fingerprint density at radius 3 is 2.25 bits per heavy atom. The molecule has 6 heteroatoms. The number of amides is 2. The summed E-state index contributed by atoms with van der Waals surface area (Å²) in [5.41, 5.74) is 0.373. The van der Waals surface area contributed by atoms with Crippen LogP contribution < -0.4 is 4.90 Å². The van der Waals surface area contributed by atoms with E-state index in [-0.39, 0.29) is 22.4 Å². The first kappa shape index (κ1) is 15.6. The van der Waals surface area contributed by atoms with Gasteiger partial charge in [-0.15, -0.1) is 0 Å². The normalized spacial score (nSPS) is 13.5. The van der Waals surface area contributed by atoms with Gasteiger partial charge < -0.3 is 4.74 Å². The highest BCUT2D eigenvalue weighted by atomic mass is 19.1. The molecule has 0 aliphatic carbocycles. The van der Waals surface area contributed by atoms with Gasteiger partial charge in [-0.1, -0.05) is 24.3 Å². The van der Waals surface area contributed by atoms with Gasteiger partial charge in [0, 0.05) is 11.6 Å². The quantitative estimate of drug-likeness (QED) is 0.494. The number of hydrogen-bond acceptors (Lipinski definition) is 4. The number of carbonyl (C=O) groups is 3. The lowest BCUT2D eigenvalue weighted by Crippen LogP contribution is -2.30. The number of carbonyl (C=O) groups excluding carboxylic acids is 3. The average Bonchev–Trinajstić information content (AvgIpc) is 2.85. The van der Waals surface area contributed by atoms with Crippen molar-refractivity contribution in [2.45, 2.75) is 0 Å². The van der Waals surface area contributed by atoms with Crippen molar-refractivity contribution < 1.29 is 23.5 Å². The number of ether oxygens (including phenoxy) is 1. The largest absolute Gasteiger partial charge is 0.466 e. The maximum Gasteiger partial charge on any atom is 0.330 e. The first-order chi connectivity index (χ1) is 11.5. The molecular weight excluding hydrogens is 313 g/mol.